The van der Waals surface area contributed by atoms with Crippen molar-refractivity contribution in [2.75, 3.05) is 27.4 Å². The number of rotatable bonds is 6. The van der Waals surface area contributed by atoms with Crippen LogP contribution in [0.4, 0.5) is 0 Å². The first-order valence-electron chi connectivity index (χ1n) is 8.43. The normalized spacial score (nSPS) is 25.5. The largest absolute Gasteiger partial charge is 0.493 e. The molecule has 1 aromatic carbocycles. The van der Waals surface area contributed by atoms with Crippen LogP contribution in [0.5, 0.6) is 11.5 Å². The van der Waals surface area contributed by atoms with E-state index in [0.717, 1.165) is 19.4 Å². The van der Waals surface area contributed by atoms with Crippen molar-refractivity contribution in [2.24, 2.45) is 5.92 Å². The molecule has 0 aromatic heterocycles. The van der Waals surface area contributed by atoms with Gasteiger partial charge in [0.25, 0.3) is 0 Å². The highest BCUT2D eigenvalue weighted by Crippen LogP contribution is 2.39. The van der Waals surface area contributed by atoms with Gasteiger partial charge in [-0.1, -0.05) is 6.07 Å². The van der Waals surface area contributed by atoms with Crippen molar-refractivity contribution >= 4 is 11.9 Å². The Labute approximate surface area is 146 Å². The summed E-state index contributed by atoms with van der Waals surface area (Å²) in [6, 6.07) is 5.26. The minimum atomic E-state index is -0.628. The minimum Gasteiger partial charge on any atom is -0.493 e. The summed E-state index contributed by atoms with van der Waals surface area (Å²) in [5, 5.41) is 2.89. The molecule has 1 N–H and O–H groups in total. The molecule has 1 aromatic rings. The predicted octanol–water partition coefficient (Wildman–Crippen LogP) is 1.60. The van der Waals surface area contributed by atoms with Crippen molar-refractivity contribution in [1.82, 2.24) is 5.32 Å². The van der Waals surface area contributed by atoms with Gasteiger partial charge in [0, 0.05) is 13.2 Å². The van der Waals surface area contributed by atoms with E-state index in [-0.39, 0.29) is 24.4 Å². The van der Waals surface area contributed by atoms with E-state index in [9.17, 15) is 9.59 Å². The number of carbonyl (C=O) groups is 2. The summed E-state index contributed by atoms with van der Waals surface area (Å²) in [5.41, 5.74) is 0.709. The van der Waals surface area contributed by atoms with Gasteiger partial charge in [0.05, 0.1) is 32.7 Å². The minimum absolute atomic E-state index is 0.0569. The van der Waals surface area contributed by atoms with Crippen LogP contribution in [-0.2, 0) is 19.1 Å². The van der Waals surface area contributed by atoms with Crippen LogP contribution in [0.15, 0.2) is 18.2 Å². The second-order valence-electron chi connectivity index (χ2n) is 6.22. The van der Waals surface area contributed by atoms with Gasteiger partial charge in [0.2, 0.25) is 5.91 Å². The van der Waals surface area contributed by atoms with Crippen LogP contribution in [0.1, 0.15) is 30.9 Å². The zero-order valence-electron chi connectivity index (χ0n) is 14.4. The predicted molar refractivity (Wildman–Crippen MR) is 88.5 cm³/mol. The van der Waals surface area contributed by atoms with E-state index in [1.165, 1.54) is 7.11 Å². The van der Waals surface area contributed by atoms with Crippen molar-refractivity contribution in [2.45, 2.75) is 31.5 Å². The molecule has 1 amide bonds. The summed E-state index contributed by atoms with van der Waals surface area (Å²) < 4.78 is 21.4. The fourth-order valence-electron chi connectivity index (χ4n) is 3.27. The molecule has 2 aliphatic heterocycles. The molecule has 7 nitrogen and oxygen atoms in total. The number of nitrogens with one attached hydrogen (secondary N) is 1. The zero-order chi connectivity index (χ0) is 17.8. The monoisotopic (exact) mass is 349 g/mol. The van der Waals surface area contributed by atoms with E-state index < -0.39 is 12.0 Å². The first-order valence-corrected chi connectivity index (χ1v) is 8.43. The molecule has 3 rings (SSSR count). The quantitative estimate of drug-likeness (QED) is 0.786. The number of cyclic esters (lactones) is 1. The molecule has 2 fully saturated rings. The Morgan fingerprint density at radius 3 is 2.76 bits per heavy atom. The number of methoxy groups -OCH3 is 2. The molecular weight excluding hydrogens is 326 g/mol. The molecule has 2 heterocycles. The number of benzene rings is 1. The van der Waals surface area contributed by atoms with Crippen molar-refractivity contribution in [3.05, 3.63) is 23.8 Å². The highest BCUT2D eigenvalue weighted by Gasteiger charge is 2.41. The Kier molecular flexibility index (Phi) is 5.43. The fourth-order valence-corrected chi connectivity index (χ4v) is 3.27. The summed E-state index contributed by atoms with van der Waals surface area (Å²) >= 11 is 0. The van der Waals surface area contributed by atoms with Gasteiger partial charge in [-0.3, -0.25) is 9.59 Å². The first-order chi connectivity index (χ1) is 12.1. The van der Waals surface area contributed by atoms with Crippen LogP contribution in [-0.4, -0.2) is 45.4 Å². The molecule has 2 aliphatic rings. The topological polar surface area (TPSA) is 83.1 Å². The SMILES string of the molecule is COc1ccc(C2OC(=O)CC2C(=O)NCC2CCCO2)cc1OC. The second kappa shape index (κ2) is 7.74. The lowest BCUT2D eigenvalue weighted by Crippen LogP contribution is -2.37. The molecule has 0 saturated carbocycles. The van der Waals surface area contributed by atoms with E-state index in [0.29, 0.717) is 23.6 Å². The van der Waals surface area contributed by atoms with Gasteiger partial charge in [0.1, 0.15) is 6.10 Å². The van der Waals surface area contributed by atoms with Crippen molar-refractivity contribution < 1.29 is 28.5 Å². The average molecular weight is 349 g/mol. The zero-order valence-corrected chi connectivity index (χ0v) is 14.4. The third-order valence-electron chi connectivity index (χ3n) is 4.61. The van der Waals surface area contributed by atoms with Gasteiger partial charge in [-0.2, -0.15) is 0 Å². The summed E-state index contributed by atoms with van der Waals surface area (Å²) in [7, 11) is 3.09. The van der Waals surface area contributed by atoms with Gasteiger partial charge in [-0.25, -0.2) is 0 Å². The molecule has 136 valence electrons. The first kappa shape index (κ1) is 17.5. The molecule has 0 aliphatic carbocycles. The molecule has 0 spiro atoms. The Balaban J connectivity index is 1.72. The number of amides is 1. The van der Waals surface area contributed by atoms with Gasteiger partial charge >= 0.3 is 5.97 Å². The Hall–Kier alpha value is -2.28. The summed E-state index contributed by atoms with van der Waals surface area (Å²) in [6.45, 7) is 1.20. The summed E-state index contributed by atoms with van der Waals surface area (Å²) in [4.78, 5) is 24.4. The third-order valence-corrected chi connectivity index (χ3v) is 4.61. The molecule has 25 heavy (non-hydrogen) atoms. The van der Waals surface area contributed by atoms with Crippen LogP contribution in [0.25, 0.3) is 0 Å². The maximum atomic E-state index is 12.6. The third kappa shape index (κ3) is 3.87. The van der Waals surface area contributed by atoms with Crippen LogP contribution >= 0.6 is 0 Å². The number of esters is 1. The van der Waals surface area contributed by atoms with Crippen molar-refractivity contribution in [3.8, 4) is 11.5 Å². The molecule has 3 unspecified atom stereocenters. The highest BCUT2D eigenvalue weighted by atomic mass is 16.6. The van der Waals surface area contributed by atoms with Crippen LogP contribution < -0.4 is 14.8 Å². The van der Waals surface area contributed by atoms with Crippen molar-refractivity contribution in [1.29, 1.82) is 0 Å². The maximum Gasteiger partial charge on any atom is 0.307 e. The van der Waals surface area contributed by atoms with Gasteiger partial charge < -0.3 is 24.3 Å². The smallest absolute Gasteiger partial charge is 0.307 e. The Bertz CT molecular complexity index is 640. The van der Waals surface area contributed by atoms with Crippen molar-refractivity contribution in [3.63, 3.8) is 0 Å². The van der Waals surface area contributed by atoms with Crippen LogP contribution in [0, 0.1) is 5.92 Å². The van der Waals surface area contributed by atoms with Gasteiger partial charge in [-0.05, 0) is 30.5 Å². The van der Waals surface area contributed by atoms with Gasteiger partial charge in [0.15, 0.2) is 11.5 Å². The lowest BCUT2D eigenvalue weighted by Gasteiger charge is -2.20. The summed E-state index contributed by atoms with van der Waals surface area (Å²) in [6.07, 6.45) is 1.45. The van der Waals surface area contributed by atoms with Gasteiger partial charge in [-0.15, -0.1) is 0 Å². The number of hydrogen-bond donors (Lipinski definition) is 1. The maximum absolute atomic E-state index is 12.6. The molecule has 3 atom stereocenters. The highest BCUT2D eigenvalue weighted by molar-refractivity contribution is 5.87. The lowest BCUT2D eigenvalue weighted by molar-refractivity contribution is -0.141. The number of hydrogen-bond acceptors (Lipinski definition) is 6. The van der Waals surface area contributed by atoms with E-state index in [1.54, 1.807) is 25.3 Å². The van der Waals surface area contributed by atoms with Crippen LogP contribution in [0.3, 0.4) is 0 Å². The van der Waals surface area contributed by atoms with E-state index in [2.05, 4.69) is 5.32 Å². The second-order valence-corrected chi connectivity index (χ2v) is 6.22. The van der Waals surface area contributed by atoms with E-state index >= 15 is 0 Å². The Morgan fingerprint density at radius 1 is 1.28 bits per heavy atom. The molecule has 0 radical (unpaired) electrons. The van der Waals surface area contributed by atoms with E-state index in [4.69, 9.17) is 18.9 Å². The lowest BCUT2D eigenvalue weighted by atomic mass is 9.94. The number of ether oxygens (including phenoxy) is 4. The van der Waals surface area contributed by atoms with E-state index in [1.807, 2.05) is 0 Å². The Morgan fingerprint density at radius 2 is 2.08 bits per heavy atom. The molecule has 2 saturated heterocycles. The number of carbonyl (C=O) groups excluding carboxylic acids is 2. The molecule has 7 heteroatoms. The molecule has 0 bridgehead atoms. The van der Waals surface area contributed by atoms with Crippen LogP contribution in [0.2, 0.25) is 0 Å². The fraction of sp³-hybridized carbons (Fsp3) is 0.556. The summed E-state index contributed by atoms with van der Waals surface area (Å²) in [5.74, 6) is -0.0263. The molecular formula is C18H23NO6. The standard InChI is InChI=1S/C18H23NO6/c1-22-14-6-5-11(8-15(14)23-2)17-13(9-16(20)25-17)18(21)19-10-12-4-3-7-24-12/h5-6,8,12-13,17H,3-4,7,9-10H2,1-2H3,(H,19,21). The average Bonchev–Trinajstić information content (AvgIpc) is 3.28.